The van der Waals surface area contributed by atoms with Gasteiger partial charge in [-0.1, -0.05) is 0 Å². The number of piperidine rings is 1. The van der Waals surface area contributed by atoms with Gasteiger partial charge in [0.25, 0.3) is 0 Å². The monoisotopic (exact) mass is 323 g/mol. The zero-order valence-electron chi connectivity index (χ0n) is 14.1. The van der Waals surface area contributed by atoms with E-state index in [-0.39, 0.29) is 23.9 Å². The predicted molar refractivity (Wildman–Crippen MR) is 78.8 cm³/mol. The average molecular weight is 323 g/mol. The Bertz CT molecular complexity index is 378. The standard InChI is InChI=1S/C16H28F3NO2/c1-13(2,3)22-12-14(5-6-14)11-20-9-7-15(21-4,8-10-20)16(17,18)19/h5-12H2,1-4H3. The maximum Gasteiger partial charge on any atom is 0.417 e. The van der Waals surface area contributed by atoms with Gasteiger partial charge >= 0.3 is 6.18 Å². The number of likely N-dealkylation sites (tertiary alicyclic amines) is 1. The SMILES string of the molecule is COC1(C(F)(F)F)CCN(CC2(COC(C)(C)C)CC2)CC1. The minimum Gasteiger partial charge on any atom is -0.375 e. The third kappa shape index (κ3) is 4.15. The summed E-state index contributed by atoms with van der Waals surface area (Å²) in [5.74, 6) is 0. The maximum absolute atomic E-state index is 13.2. The third-order valence-corrected chi connectivity index (χ3v) is 4.90. The molecule has 0 spiro atoms. The van der Waals surface area contributed by atoms with Gasteiger partial charge < -0.3 is 14.4 Å². The highest BCUT2D eigenvalue weighted by Crippen LogP contribution is 2.48. The largest absolute Gasteiger partial charge is 0.417 e. The lowest BCUT2D eigenvalue weighted by Gasteiger charge is -2.42. The van der Waals surface area contributed by atoms with Crippen molar-refractivity contribution in [2.75, 3.05) is 33.4 Å². The number of rotatable bonds is 5. The number of alkyl halides is 3. The Morgan fingerprint density at radius 2 is 1.55 bits per heavy atom. The van der Waals surface area contributed by atoms with Gasteiger partial charge in [0.05, 0.1) is 12.2 Å². The molecule has 1 saturated heterocycles. The highest BCUT2D eigenvalue weighted by atomic mass is 19.4. The summed E-state index contributed by atoms with van der Waals surface area (Å²) in [5, 5.41) is 0. The second-order valence-electron chi connectivity index (χ2n) is 7.87. The molecule has 1 aliphatic heterocycles. The van der Waals surface area contributed by atoms with Gasteiger partial charge in [0.2, 0.25) is 0 Å². The van der Waals surface area contributed by atoms with E-state index in [9.17, 15) is 13.2 Å². The second kappa shape index (κ2) is 5.95. The Morgan fingerprint density at radius 1 is 1.00 bits per heavy atom. The second-order valence-corrected chi connectivity index (χ2v) is 7.87. The van der Waals surface area contributed by atoms with E-state index in [1.807, 2.05) is 20.8 Å². The molecule has 2 aliphatic rings. The first-order chi connectivity index (χ1) is 10.0. The van der Waals surface area contributed by atoms with Crippen molar-refractivity contribution in [2.45, 2.75) is 63.8 Å². The zero-order valence-corrected chi connectivity index (χ0v) is 14.1. The van der Waals surface area contributed by atoms with Gasteiger partial charge in [-0.25, -0.2) is 0 Å². The molecule has 0 aromatic rings. The van der Waals surface area contributed by atoms with Crippen molar-refractivity contribution in [3.05, 3.63) is 0 Å². The highest BCUT2D eigenvalue weighted by Gasteiger charge is 2.57. The lowest BCUT2D eigenvalue weighted by Crippen LogP contribution is -2.55. The molecular weight excluding hydrogens is 295 g/mol. The molecule has 1 aliphatic carbocycles. The van der Waals surface area contributed by atoms with Gasteiger partial charge in [0, 0.05) is 32.2 Å². The van der Waals surface area contributed by atoms with E-state index in [1.54, 1.807) is 0 Å². The van der Waals surface area contributed by atoms with Crippen LogP contribution in [0.4, 0.5) is 13.2 Å². The average Bonchev–Trinajstić information content (AvgIpc) is 3.16. The molecule has 0 amide bonds. The summed E-state index contributed by atoms with van der Waals surface area (Å²) in [6, 6.07) is 0. The molecule has 0 aromatic carbocycles. The molecule has 2 rings (SSSR count). The van der Waals surface area contributed by atoms with E-state index >= 15 is 0 Å². The van der Waals surface area contributed by atoms with Gasteiger partial charge in [-0.2, -0.15) is 13.2 Å². The third-order valence-electron chi connectivity index (χ3n) is 4.90. The van der Waals surface area contributed by atoms with Crippen LogP contribution in [0.1, 0.15) is 46.5 Å². The minimum absolute atomic E-state index is 0.0171. The van der Waals surface area contributed by atoms with Gasteiger partial charge in [0.15, 0.2) is 5.60 Å². The Labute approximate surface area is 131 Å². The molecular formula is C16H28F3NO2. The van der Waals surface area contributed by atoms with E-state index < -0.39 is 11.8 Å². The molecule has 3 nitrogen and oxygen atoms in total. The fourth-order valence-electron chi connectivity index (χ4n) is 3.04. The fourth-order valence-corrected chi connectivity index (χ4v) is 3.04. The van der Waals surface area contributed by atoms with Crippen molar-refractivity contribution in [2.24, 2.45) is 5.41 Å². The molecule has 22 heavy (non-hydrogen) atoms. The van der Waals surface area contributed by atoms with E-state index in [2.05, 4.69) is 4.90 Å². The summed E-state index contributed by atoms with van der Waals surface area (Å²) < 4.78 is 50.2. The van der Waals surface area contributed by atoms with Crippen LogP contribution in [-0.2, 0) is 9.47 Å². The minimum atomic E-state index is -4.29. The lowest BCUT2D eigenvalue weighted by atomic mass is 9.89. The summed E-state index contributed by atoms with van der Waals surface area (Å²) >= 11 is 0. The Kier molecular flexibility index (Phi) is 4.87. The van der Waals surface area contributed by atoms with Crippen LogP contribution in [0, 0.1) is 5.41 Å². The molecule has 1 saturated carbocycles. The van der Waals surface area contributed by atoms with Crippen LogP contribution >= 0.6 is 0 Å². The first-order valence-electron chi connectivity index (χ1n) is 7.99. The van der Waals surface area contributed by atoms with Crippen LogP contribution in [0.5, 0.6) is 0 Å². The Balaban J connectivity index is 1.85. The number of hydrogen-bond acceptors (Lipinski definition) is 3. The molecule has 1 heterocycles. The van der Waals surface area contributed by atoms with E-state index in [4.69, 9.17) is 9.47 Å². The van der Waals surface area contributed by atoms with Crippen LogP contribution in [0.15, 0.2) is 0 Å². The summed E-state index contributed by atoms with van der Waals surface area (Å²) in [4.78, 5) is 2.14. The maximum atomic E-state index is 13.2. The number of halogens is 3. The molecule has 0 unspecified atom stereocenters. The molecule has 6 heteroatoms. The summed E-state index contributed by atoms with van der Waals surface area (Å²) in [6.45, 7) is 8.48. The van der Waals surface area contributed by atoms with Gasteiger partial charge in [-0.05, 0) is 46.5 Å². The highest BCUT2D eigenvalue weighted by molar-refractivity contribution is 4.99. The van der Waals surface area contributed by atoms with Crippen LogP contribution in [0.25, 0.3) is 0 Å². The van der Waals surface area contributed by atoms with Gasteiger partial charge in [-0.15, -0.1) is 0 Å². The molecule has 0 radical (unpaired) electrons. The van der Waals surface area contributed by atoms with Crippen molar-refractivity contribution < 1.29 is 22.6 Å². The predicted octanol–water partition coefficient (Wildman–Crippen LogP) is 3.63. The van der Waals surface area contributed by atoms with Crippen molar-refractivity contribution in [1.82, 2.24) is 4.90 Å². The first kappa shape index (κ1) is 18.0. The van der Waals surface area contributed by atoms with Crippen LogP contribution in [-0.4, -0.2) is 55.6 Å². The normalized spacial score (nSPS) is 25.2. The molecule has 2 fully saturated rings. The fraction of sp³-hybridized carbons (Fsp3) is 1.00. The Morgan fingerprint density at radius 3 is 1.91 bits per heavy atom. The quantitative estimate of drug-likeness (QED) is 0.771. The summed E-state index contributed by atoms with van der Waals surface area (Å²) in [5.41, 5.74) is -1.97. The van der Waals surface area contributed by atoms with Crippen molar-refractivity contribution >= 4 is 0 Å². The molecule has 0 bridgehead atoms. The summed E-state index contributed by atoms with van der Waals surface area (Å²) in [6.07, 6.45) is -2.05. The van der Waals surface area contributed by atoms with Crippen LogP contribution in [0.3, 0.4) is 0 Å². The first-order valence-corrected chi connectivity index (χ1v) is 7.99. The molecule has 130 valence electrons. The van der Waals surface area contributed by atoms with Crippen molar-refractivity contribution in [3.63, 3.8) is 0 Å². The number of nitrogens with zero attached hydrogens (tertiary/aromatic N) is 1. The topological polar surface area (TPSA) is 21.7 Å². The van der Waals surface area contributed by atoms with Gasteiger partial charge in [-0.3, -0.25) is 0 Å². The number of methoxy groups -OCH3 is 1. The number of ether oxygens (including phenoxy) is 2. The molecule has 0 N–H and O–H groups in total. The smallest absolute Gasteiger partial charge is 0.375 e. The van der Waals surface area contributed by atoms with Crippen LogP contribution < -0.4 is 0 Å². The van der Waals surface area contributed by atoms with Gasteiger partial charge in [0.1, 0.15) is 0 Å². The van der Waals surface area contributed by atoms with Crippen molar-refractivity contribution in [3.8, 4) is 0 Å². The van der Waals surface area contributed by atoms with Crippen LogP contribution in [0.2, 0.25) is 0 Å². The summed E-state index contributed by atoms with van der Waals surface area (Å²) in [7, 11) is 1.17. The Hall–Kier alpha value is -0.330. The van der Waals surface area contributed by atoms with Crippen molar-refractivity contribution in [1.29, 1.82) is 0 Å². The zero-order chi connectivity index (χ0) is 16.6. The lowest BCUT2D eigenvalue weighted by molar-refractivity contribution is -0.282. The molecule has 0 atom stereocenters. The van der Waals surface area contributed by atoms with E-state index in [0.717, 1.165) is 19.4 Å². The van der Waals surface area contributed by atoms with E-state index in [0.29, 0.717) is 19.7 Å². The molecule has 0 aromatic heterocycles. The number of hydrogen-bond donors (Lipinski definition) is 0. The van der Waals surface area contributed by atoms with E-state index in [1.165, 1.54) is 7.11 Å².